The highest BCUT2D eigenvalue weighted by Crippen LogP contribution is 2.45. The molecule has 0 aromatic heterocycles. The Balaban J connectivity index is 1.48. The lowest BCUT2D eigenvalue weighted by molar-refractivity contribution is -0.118. The van der Waals surface area contributed by atoms with E-state index in [-0.39, 0.29) is 11.2 Å². The summed E-state index contributed by atoms with van der Waals surface area (Å²) in [7, 11) is 0. The van der Waals surface area contributed by atoms with E-state index in [1.54, 1.807) is 6.07 Å². The second-order valence-corrected chi connectivity index (χ2v) is 7.14. The number of hydrogen-bond acceptors (Lipinski definition) is 2. The number of benzene rings is 1. The molecule has 2 aliphatic carbocycles. The van der Waals surface area contributed by atoms with Gasteiger partial charge in [0, 0.05) is 24.1 Å². The Morgan fingerprint density at radius 2 is 2.05 bits per heavy atom. The Kier molecular flexibility index (Phi) is 4.06. The van der Waals surface area contributed by atoms with Crippen LogP contribution in [0.2, 0.25) is 0 Å². The molecule has 0 bridgehead atoms. The maximum Gasteiger partial charge on any atom is 0.123 e. The summed E-state index contributed by atoms with van der Waals surface area (Å²) in [5, 5.41) is 3.77. The van der Waals surface area contributed by atoms with Gasteiger partial charge in [0.15, 0.2) is 0 Å². The summed E-state index contributed by atoms with van der Waals surface area (Å²) in [6.45, 7) is 7.44. The van der Waals surface area contributed by atoms with Crippen molar-refractivity contribution in [1.82, 2.24) is 5.32 Å². The van der Waals surface area contributed by atoms with E-state index < -0.39 is 0 Å². The lowest BCUT2D eigenvalue weighted by Gasteiger charge is -2.54. The van der Waals surface area contributed by atoms with E-state index in [4.69, 9.17) is 4.74 Å². The highest BCUT2D eigenvalue weighted by Gasteiger charge is 2.50. The Morgan fingerprint density at radius 3 is 2.67 bits per heavy atom. The molecule has 0 saturated heterocycles. The number of halogens is 1. The van der Waals surface area contributed by atoms with Crippen LogP contribution in [-0.2, 0) is 4.74 Å². The molecule has 1 aromatic carbocycles. The minimum Gasteiger partial charge on any atom is -0.378 e. The first-order chi connectivity index (χ1) is 10.0. The van der Waals surface area contributed by atoms with Gasteiger partial charge < -0.3 is 10.1 Å². The van der Waals surface area contributed by atoms with Crippen LogP contribution in [0.15, 0.2) is 24.3 Å². The second-order valence-electron chi connectivity index (χ2n) is 7.14. The molecule has 3 rings (SSSR count). The fourth-order valence-electron chi connectivity index (χ4n) is 3.72. The lowest BCUT2D eigenvalue weighted by Crippen LogP contribution is -2.64. The highest BCUT2D eigenvalue weighted by molar-refractivity contribution is 5.24. The topological polar surface area (TPSA) is 21.3 Å². The molecule has 2 fully saturated rings. The highest BCUT2D eigenvalue weighted by atomic mass is 19.1. The van der Waals surface area contributed by atoms with Gasteiger partial charge in [-0.05, 0) is 49.8 Å². The smallest absolute Gasteiger partial charge is 0.123 e. The Labute approximate surface area is 127 Å². The number of rotatable bonds is 5. The number of nitrogens with one attached hydrogen (secondary N) is 1. The van der Waals surface area contributed by atoms with Gasteiger partial charge in [-0.1, -0.05) is 26.0 Å². The Morgan fingerprint density at radius 1 is 1.29 bits per heavy atom. The standard InChI is InChI=1S/C18H26FNO/c1-4-21-17-11-16(18(17,2)3)20-15-9-13(10-15)12-6-5-7-14(19)8-12/h5-8,13,15-17,20H,4,9-11H2,1-3H3. The Bertz CT molecular complexity index is 496. The summed E-state index contributed by atoms with van der Waals surface area (Å²) < 4.78 is 19.0. The van der Waals surface area contributed by atoms with E-state index >= 15 is 0 Å². The first-order valence-electron chi connectivity index (χ1n) is 8.13. The predicted molar refractivity (Wildman–Crippen MR) is 82.9 cm³/mol. The van der Waals surface area contributed by atoms with Crippen molar-refractivity contribution >= 4 is 0 Å². The van der Waals surface area contributed by atoms with Gasteiger partial charge in [0.1, 0.15) is 5.82 Å². The third-order valence-electron chi connectivity index (χ3n) is 5.44. The quantitative estimate of drug-likeness (QED) is 0.889. The maximum atomic E-state index is 13.2. The molecular weight excluding hydrogens is 265 g/mol. The van der Waals surface area contributed by atoms with Crippen molar-refractivity contribution in [3.8, 4) is 0 Å². The maximum absolute atomic E-state index is 13.2. The van der Waals surface area contributed by atoms with Crippen molar-refractivity contribution in [2.45, 2.75) is 64.1 Å². The zero-order valence-corrected chi connectivity index (χ0v) is 13.2. The molecule has 2 atom stereocenters. The Hall–Kier alpha value is -0.930. The van der Waals surface area contributed by atoms with Crippen LogP contribution in [0.25, 0.3) is 0 Å². The molecule has 2 unspecified atom stereocenters. The van der Waals surface area contributed by atoms with Crippen molar-refractivity contribution in [3.63, 3.8) is 0 Å². The van der Waals surface area contributed by atoms with Gasteiger partial charge in [0.05, 0.1) is 6.10 Å². The average molecular weight is 291 g/mol. The first-order valence-corrected chi connectivity index (χ1v) is 8.13. The van der Waals surface area contributed by atoms with Crippen molar-refractivity contribution < 1.29 is 9.13 Å². The molecule has 2 nitrogen and oxygen atoms in total. The fraction of sp³-hybridized carbons (Fsp3) is 0.667. The van der Waals surface area contributed by atoms with Crippen molar-refractivity contribution in [2.75, 3.05) is 6.61 Å². The molecule has 1 N–H and O–H groups in total. The van der Waals surface area contributed by atoms with E-state index in [0.29, 0.717) is 24.1 Å². The summed E-state index contributed by atoms with van der Waals surface area (Å²) >= 11 is 0. The first kappa shape index (κ1) is 15.0. The van der Waals surface area contributed by atoms with Gasteiger partial charge in [-0.15, -0.1) is 0 Å². The molecule has 0 radical (unpaired) electrons. The molecule has 21 heavy (non-hydrogen) atoms. The molecule has 2 aliphatic rings. The fourth-order valence-corrected chi connectivity index (χ4v) is 3.72. The van der Waals surface area contributed by atoms with Crippen molar-refractivity contribution in [3.05, 3.63) is 35.6 Å². The van der Waals surface area contributed by atoms with Crippen molar-refractivity contribution in [1.29, 1.82) is 0 Å². The molecule has 2 saturated carbocycles. The van der Waals surface area contributed by atoms with Crippen LogP contribution < -0.4 is 5.32 Å². The van der Waals surface area contributed by atoms with Crippen LogP contribution in [0.4, 0.5) is 4.39 Å². The summed E-state index contributed by atoms with van der Waals surface area (Å²) in [6, 6.07) is 8.18. The minimum absolute atomic E-state index is 0.122. The normalized spacial score (nSPS) is 34.1. The minimum atomic E-state index is -0.122. The van der Waals surface area contributed by atoms with Gasteiger partial charge >= 0.3 is 0 Å². The molecule has 0 amide bonds. The molecule has 3 heteroatoms. The van der Waals surface area contributed by atoms with Gasteiger partial charge in [0.25, 0.3) is 0 Å². The zero-order chi connectivity index (χ0) is 15.0. The molecular formula is C18H26FNO. The molecule has 116 valence electrons. The third-order valence-corrected chi connectivity index (χ3v) is 5.44. The van der Waals surface area contributed by atoms with Crippen molar-refractivity contribution in [2.24, 2.45) is 5.41 Å². The summed E-state index contributed by atoms with van der Waals surface area (Å²) in [5.41, 5.74) is 1.37. The largest absolute Gasteiger partial charge is 0.378 e. The van der Waals surface area contributed by atoms with E-state index in [9.17, 15) is 4.39 Å². The molecule has 0 spiro atoms. The van der Waals surface area contributed by atoms with Crippen LogP contribution in [0, 0.1) is 11.2 Å². The van der Waals surface area contributed by atoms with Gasteiger partial charge in [-0.25, -0.2) is 4.39 Å². The summed E-state index contributed by atoms with van der Waals surface area (Å²) in [5.74, 6) is 0.396. The monoisotopic (exact) mass is 291 g/mol. The predicted octanol–water partition coefficient (Wildman–Crippen LogP) is 3.86. The van der Waals surface area contributed by atoms with Gasteiger partial charge in [-0.2, -0.15) is 0 Å². The van der Waals surface area contributed by atoms with Crippen LogP contribution >= 0.6 is 0 Å². The summed E-state index contributed by atoms with van der Waals surface area (Å²) in [6.07, 6.45) is 3.74. The molecule has 0 aliphatic heterocycles. The van der Waals surface area contributed by atoms with Crippen LogP contribution in [0.3, 0.4) is 0 Å². The second kappa shape index (κ2) is 5.69. The van der Waals surface area contributed by atoms with E-state index in [1.165, 1.54) is 6.07 Å². The SMILES string of the molecule is CCOC1CC(NC2CC(c3cccc(F)c3)C2)C1(C)C. The van der Waals surface area contributed by atoms with Crippen LogP contribution in [0.1, 0.15) is 51.5 Å². The van der Waals surface area contributed by atoms with Gasteiger partial charge in [0.2, 0.25) is 0 Å². The molecule has 0 heterocycles. The molecule has 1 aromatic rings. The van der Waals surface area contributed by atoms with E-state index in [2.05, 4.69) is 26.1 Å². The van der Waals surface area contributed by atoms with Crippen LogP contribution in [-0.4, -0.2) is 24.8 Å². The van der Waals surface area contributed by atoms with E-state index in [1.807, 2.05) is 12.1 Å². The number of hydrogen-bond donors (Lipinski definition) is 1. The lowest BCUT2D eigenvalue weighted by atomic mass is 9.63. The third kappa shape index (κ3) is 2.86. The summed E-state index contributed by atoms with van der Waals surface area (Å²) in [4.78, 5) is 0. The van der Waals surface area contributed by atoms with Gasteiger partial charge in [-0.3, -0.25) is 0 Å². The van der Waals surface area contributed by atoms with E-state index in [0.717, 1.165) is 31.4 Å². The average Bonchev–Trinajstić information content (AvgIpc) is 2.39. The van der Waals surface area contributed by atoms with Crippen LogP contribution in [0.5, 0.6) is 0 Å². The number of ether oxygens (including phenoxy) is 1. The zero-order valence-electron chi connectivity index (χ0n) is 13.2.